The summed E-state index contributed by atoms with van der Waals surface area (Å²) in [6.45, 7) is 2.12. The van der Waals surface area contributed by atoms with Gasteiger partial charge in [0.25, 0.3) is 0 Å². The zero-order valence-electron chi connectivity index (χ0n) is 7.67. The summed E-state index contributed by atoms with van der Waals surface area (Å²) in [5.74, 6) is 0.192. The molecule has 70 valence electrons. The van der Waals surface area contributed by atoms with E-state index in [0.29, 0.717) is 6.42 Å². The molecule has 0 aromatic carbocycles. The van der Waals surface area contributed by atoms with Crippen LogP contribution in [0.1, 0.15) is 25.3 Å². The molecule has 1 aliphatic heterocycles. The number of nitrogens with one attached hydrogen (secondary N) is 1. The highest BCUT2D eigenvalue weighted by Crippen LogP contribution is 2.24. The molecule has 1 atom stereocenters. The van der Waals surface area contributed by atoms with Gasteiger partial charge in [0.2, 0.25) is 5.91 Å². The first-order valence-electron chi connectivity index (χ1n) is 4.50. The zero-order chi connectivity index (χ0) is 9.31. The van der Waals surface area contributed by atoms with Crippen molar-refractivity contribution in [2.24, 2.45) is 0 Å². The maximum atomic E-state index is 11.1. The van der Waals surface area contributed by atoms with E-state index in [1.54, 1.807) is 11.3 Å². The topological polar surface area (TPSA) is 29.1 Å². The lowest BCUT2D eigenvalue weighted by Crippen LogP contribution is -2.40. The van der Waals surface area contributed by atoms with Gasteiger partial charge in [-0.25, -0.2) is 0 Å². The Balaban J connectivity index is 2.05. The quantitative estimate of drug-likeness (QED) is 0.768. The van der Waals surface area contributed by atoms with Gasteiger partial charge >= 0.3 is 0 Å². The van der Waals surface area contributed by atoms with Crippen LogP contribution < -0.4 is 5.32 Å². The lowest BCUT2D eigenvalue weighted by atomic mass is 9.93. The fourth-order valence-electron chi connectivity index (χ4n) is 1.83. The van der Waals surface area contributed by atoms with Gasteiger partial charge in [-0.3, -0.25) is 4.79 Å². The van der Waals surface area contributed by atoms with Crippen LogP contribution in [0.4, 0.5) is 0 Å². The lowest BCUT2D eigenvalue weighted by Gasteiger charge is -2.23. The van der Waals surface area contributed by atoms with Gasteiger partial charge in [-0.2, -0.15) is 11.3 Å². The first-order valence-corrected chi connectivity index (χ1v) is 5.44. The van der Waals surface area contributed by atoms with Gasteiger partial charge in [-0.1, -0.05) is 0 Å². The second-order valence-corrected chi connectivity index (χ2v) is 4.70. The average molecular weight is 195 g/mol. The SMILES string of the molecule is CC1(Cc2ccsc2)CCC(=O)N1. The fraction of sp³-hybridized carbons (Fsp3) is 0.500. The molecule has 13 heavy (non-hydrogen) atoms. The minimum atomic E-state index is -0.00183. The van der Waals surface area contributed by atoms with Gasteiger partial charge < -0.3 is 5.32 Å². The Bertz CT molecular complexity index is 307. The summed E-state index contributed by atoms with van der Waals surface area (Å²) in [5, 5.41) is 7.26. The van der Waals surface area contributed by atoms with E-state index < -0.39 is 0 Å². The third-order valence-electron chi connectivity index (χ3n) is 2.52. The molecule has 1 saturated heterocycles. The maximum Gasteiger partial charge on any atom is 0.220 e. The molecule has 0 saturated carbocycles. The molecule has 1 aliphatic rings. The van der Waals surface area contributed by atoms with Gasteiger partial charge in [0.15, 0.2) is 0 Å². The Hall–Kier alpha value is -0.830. The largest absolute Gasteiger partial charge is 0.351 e. The summed E-state index contributed by atoms with van der Waals surface area (Å²) in [6, 6.07) is 2.13. The highest BCUT2D eigenvalue weighted by molar-refractivity contribution is 7.07. The average Bonchev–Trinajstić information content (AvgIpc) is 2.62. The van der Waals surface area contributed by atoms with Crippen LogP contribution in [0.2, 0.25) is 0 Å². The Labute approximate surface area is 82.0 Å². The molecule has 1 aromatic rings. The van der Waals surface area contributed by atoms with E-state index in [1.807, 2.05) is 0 Å². The van der Waals surface area contributed by atoms with Crippen LogP contribution in [0.5, 0.6) is 0 Å². The van der Waals surface area contributed by atoms with Crippen LogP contribution in [0.25, 0.3) is 0 Å². The molecule has 1 unspecified atom stereocenters. The van der Waals surface area contributed by atoms with E-state index in [-0.39, 0.29) is 11.4 Å². The van der Waals surface area contributed by atoms with Crippen molar-refractivity contribution >= 4 is 17.2 Å². The normalized spacial score (nSPS) is 27.6. The molecule has 2 rings (SSSR count). The van der Waals surface area contributed by atoms with E-state index in [1.165, 1.54) is 5.56 Å². The first-order chi connectivity index (χ1) is 6.18. The Morgan fingerprint density at radius 1 is 1.69 bits per heavy atom. The summed E-state index contributed by atoms with van der Waals surface area (Å²) in [4.78, 5) is 11.1. The summed E-state index contributed by atoms with van der Waals surface area (Å²) >= 11 is 1.71. The van der Waals surface area contributed by atoms with Gasteiger partial charge in [0, 0.05) is 12.0 Å². The van der Waals surface area contributed by atoms with Crippen molar-refractivity contribution in [3.8, 4) is 0 Å². The van der Waals surface area contributed by atoms with Crippen molar-refractivity contribution in [1.82, 2.24) is 5.32 Å². The van der Waals surface area contributed by atoms with Gasteiger partial charge in [-0.15, -0.1) is 0 Å². The molecule has 0 radical (unpaired) electrons. The van der Waals surface area contributed by atoms with Crippen LogP contribution >= 0.6 is 11.3 Å². The minimum Gasteiger partial charge on any atom is -0.351 e. The lowest BCUT2D eigenvalue weighted by molar-refractivity contribution is -0.119. The molecule has 3 heteroatoms. The fourth-order valence-corrected chi connectivity index (χ4v) is 2.50. The molecule has 1 N–H and O–H groups in total. The van der Waals surface area contributed by atoms with Crippen LogP contribution in [0.15, 0.2) is 16.8 Å². The molecule has 1 amide bonds. The minimum absolute atomic E-state index is 0.00183. The highest BCUT2D eigenvalue weighted by atomic mass is 32.1. The highest BCUT2D eigenvalue weighted by Gasteiger charge is 2.32. The van der Waals surface area contributed by atoms with E-state index in [0.717, 1.165) is 12.8 Å². The number of hydrogen-bond acceptors (Lipinski definition) is 2. The standard InChI is InChI=1S/C10H13NOS/c1-10(4-2-9(12)11-10)6-8-3-5-13-7-8/h3,5,7H,2,4,6H2,1H3,(H,11,12). The molecule has 0 spiro atoms. The summed E-state index contributed by atoms with van der Waals surface area (Å²) in [7, 11) is 0. The first kappa shape index (κ1) is 8.75. The Morgan fingerprint density at radius 3 is 3.08 bits per heavy atom. The van der Waals surface area contributed by atoms with E-state index >= 15 is 0 Å². The van der Waals surface area contributed by atoms with Crippen LogP contribution in [0, 0.1) is 0 Å². The van der Waals surface area contributed by atoms with Crippen LogP contribution in [0.3, 0.4) is 0 Å². The number of rotatable bonds is 2. The zero-order valence-corrected chi connectivity index (χ0v) is 8.49. The monoisotopic (exact) mass is 195 g/mol. The number of carbonyl (C=O) groups is 1. The second-order valence-electron chi connectivity index (χ2n) is 3.92. The third-order valence-corrected chi connectivity index (χ3v) is 3.25. The Morgan fingerprint density at radius 2 is 2.54 bits per heavy atom. The van der Waals surface area contributed by atoms with Gasteiger partial charge in [0.05, 0.1) is 0 Å². The molecule has 1 aromatic heterocycles. The number of hydrogen-bond donors (Lipinski definition) is 1. The van der Waals surface area contributed by atoms with Crippen LogP contribution in [-0.2, 0) is 11.2 Å². The maximum absolute atomic E-state index is 11.1. The van der Waals surface area contributed by atoms with Crippen molar-refractivity contribution in [2.45, 2.75) is 31.7 Å². The summed E-state index contributed by atoms with van der Waals surface area (Å²) in [5.41, 5.74) is 1.33. The van der Waals surface area contributed by atoms with Gasteiger partial charge in [0.1, 0.15) is 0 Å². The molecule has 0 aliphatic carbocycles. The van der Waals surface area contributed by atoms with Crippen molar-refractivity contribution < 1.29 is 4.79 Å². The van der Waals surface area contributed by atoms with Crippen molar-refractivity contribution in [2.75, 3.05) is 0 Å². The van der Waals surface area contributed by atoms with E-state index in [9.17, 15) is 4.79 Å². The molecule has 2 nitrogen and oxygen atoms in total. The molecular weight excluding hydrogens is 182 g/mol. The molecule has 0 bridgehead atoms. The summed E-state index contributed by atoms with van der Waals surface area (Å²) < 4.78 is 0. The third kappa shape index (κ3) is 1.91. The molecule has 2 heterocycles. The molecule has 1 fully saturated rings. The summed E-state index contributed by atoms with van der Waals surface area (Å²) in [6.07, 6.45) is 2.60. The molecular formula is C10H13NOS. The number of thiophene rings is 1. The van der Waals surface area contributed by atoms with Crippen molar-refractivity contribution in [1.29, 1.82) is 0 Å². The second kappa shape index (κ2) is 3.14. The van der Waals surface area contributed by atoms with Crippen molar-refractivity contribution in [3.63, 3.8) is 0 Å². The Kier molecular flexibility index (Phi) is 2.12. The predicted molar refractivity (Wildman–Crippen MR) is 53.8 cm³/mol. The van der Waals surface area contributed by atoms with Crippen LogP contribution in [-0.4, -0.2) is 11.4 Å². The van der Waals surface area contributed by atoms with Gasteiger partial charge in [-0.05, 0) is 42.2 Å². The number of amides is 1. The van der Waals surface area contributed by atoms with E-state index in [2.05, 4.69) is 29.1 Å². The smallest absolute Gasteiger partial charge is 0.220 e. The predicted octanol–water partition coefficient (Wildman–Crippen LogP) is 1.96. The van der Waals surface area contributed by atoms with E-state index in [4.69, 9.17) is 0 Å². The van der Waals surface area contributed by atoms with Crippen molar-refractivity contribution in [3.05, 3.63) is 22.4 Å². The number of carbonyl (C=O) groups excluding carboxylic acids is 1.